The van der Waals surface area contributed by atoms with Crippen LogP contribution in [0.5, 0.6) is 0 Å². The second kappa shape index (κ2) is 7.02. The smallest absolute Gasteiger partial charge is 0.262 e. The number of hydrogen-bond donors (Lipinski definition) is 0. The summed E-state index contributed by atoms with van der Waals surface area (Å²) >= 11 is 5.80. The fourth-order valence-electron chi connectivity index (χ4n) is 2.26. The molecule has 126 valence electrons. The minimum absolute atomic E-state index is 0.0209. The summed E-state index contributed by atoms with van der Waals surface area (Å²) in [4.78, 5) is 10.6. The minimum atomic E-state index is -3.92. The van der Waals surface area contributed by atoms with Crippen LogP contribution in [0.3, 0.4) is 0 Å². The first-order valence-electron chi connectivity index (χ1n) is 6.92. The fraction of sp³-hybridized carbons (Fsp3) is 0.125. The van der Waals surface area contributed by atoms with Crippen LogP contribution in [0, 0.1) is 17.0 Å². The average Bonchev–Trinajstić information content (AvgIpc) is 2.53. The van der Waals surface area contributed by atoms with Gasteiger partial charge in [0.2, 0.25) is 0 Å². The lowest BCUT2D eigenvalue weighted by atomic mass is 10.1. The van der Waals surface area contributed by atoms with Gasteiger partial charge < -0.3 is 0 Å². The Kier molecular flexibility index (Phi) is 5.26. The van der Waals surface area contributed by atoms with Crippen LogP contribution in [0.2, 0.25) is 5.02 Å². The molecule has 0 bridgehead atoms. The van der Waals surface area contributed by atoms with E-state index in [2.05, 4.69) is 6.58 Å². The van der Waals surface area contributed by atoms with Gasteiger partial charge in [0, 0.05) is 11.1 Å². The van der Waals surface area contributed by atoms with Gasteiger partial charge >= 0.3 is 0 Å². The molecule has 0 unspecified atom stereocenters. The van der Waals surface area contributed by atoms with Crippen LogP contribution < -0.4 is 4.31 Å². The molecule has 0 aromatic heterocycles. The molecule has 0 saturated carbocycles. The van der Waals surface area contributed by atoms with Gasteiger partial charge in [-0.15, -0.1) is 6.58 Å². The summed E-state index contributed by atoms with van der Waals surface area (Å²) in [7, 11) is -3.92. The normalized spacial score (nSPS) is 11.1. The first kappa shape index (κ1) is 18.0. The molecule has 0 fully saturated rings. The monoisotopic (exact) mass is 366 g/mol. The molecular formula is C16H15ClN2O4S. The molecule has 6 nitrogen and oxygen atoms in total. The zero-order valence-electron chi connectivity index (χ0n) is 12.8. The van der Waals surface area contributed by atoms with Gasteiger partial charge in [-0.1, -0.05) is 23.7 Å². The van der Waals surface area contributed by atoms with Crippen molar-refractivity contribution in [1.82, 2.24) is 0 Å². The molecule has 24 heavy (non-hydrogen) atoms. The quantitative estimate of drug-likeness (QED) is 0.440. The predicted octanol–water partition coefficient (Wildman–Crippen LogP) is 3.94. The van der Waals surface area contributed by atoms with Crippen molar-refractivity contribution in [2.75, 3.05) is 10.8 Å². The maximum absolute atomic E-state index is 12.9. The molecular weight excluding hydrogens is 352 g/mol. The molecule has 0 atom stereocenters. The van der Waals surface area contributed by atoms with Crippen molar-refractivity contribution in [3.63, 3.8) is 0 Å². The summed E-state index contributed by atoms with van der Waals surface area (Å²) in [6, 6.07) is 10.0. The highest BCUT2D eigenvalue weighted by Crippen LogP contribution is 2.32. The van der Waals surface area contributed by atoms with Gasteiger partial charge in [-0.05, 0) is 37.3 Å². The Morgan fingerprint density at radius 3 is 2.42 bits per heavy atom. The lowest BCUT2D eigenvalue weighted by Crippen LogP contribution is -2.31. The average molecular weight is 367 g/mol. The molecule has 0 aliphatic heterocycles. The Labute approximate surface area is 145 Å². The van der Waals surface area contributed by atoms with Crippen molar-refractivity contribution < 1.29 is 13.3 Å². The number of halogens is 1. The number of anilines is 1. The van der Waals surface area contributed by atoms with E-state index in [1.54, 1.807) is 0 Å². The van der Waals surface area contributed by atoms with E-state index in [0.717, 1.165) is 4.31 Å². The summed E-state index contributed by atoms with van der Waals surface area (Å²) in [6.07, 6.45) is 1.42. The van der Waals surface area contributed by atoms with E-state index < -0.39 is 14.9 Å². The lowest BCUT2D eigenvalue weighted by Gasteiger charge is -2.24. The molecule has 2 aromatic rings. The second-order valence-corrected chi connectivity index (χ2v) is 7.26. The molecule has 0 radical (unpaired) electrons. The Bertz CT molecular complexity index is 879. The SMILES string of the molecule is C=CCN(c1cccc([N+](=O)[O-])c1C)S(=O)(=O)c1ccc(Cl)cc1. The second-order valence-electron chi connectivity index (χ2n) is 4.96. The van der Waals surface area contributed by atoms with Crippen molar-refractivity contribution in [1.29, 1.82) is 0 Å². The Morgan fingerprint density at radius 2 is 1.88 bits per heavy atom. The highest BCUT2D eigenvalue weighted by atomic mass is 35.5. The van der Waals surface area contributed by atoms with Crippen molar-refractivity contribution in [3.8, 4) is 0 Å². The van der Waals surface area contributed by atoms with E-state index in [0.29, 0.717) is 5.02 Å². The maximum atomic E-state index is 12.9. The molecule has 2 rings (SSSR count). The van der Waals surface area contributed by atoms with Gasteiger partial charge in [0.1, 0.15) is 0 Å². The molecule has 0 saturated heterocycles. The zero-order chi connectivity index (χ0) is 17.9. The van der Waals surface area contributed by atoms with Crippen molar-refractivity contribution in [2.45, 2.75) is 11.8 Å². The molecule has 0 amide bonds. The van der Waals surface area contributed by atoms with E-state index in [1.807, 2.05) is 0 Å². The first-order chi connectivity index (χ1) is 11.3. The molecule has 0 N–H and O–H groups in total. The van der Waals surface area contributed by atoms with Crippen molar-refractivity contribution >= 4 is 33.0 Å². The van der Waals surface area contributed by atoms with Crippen LogP contribution >= 0.6 is 11.6 Å². The van der Waals surface area contributed by atoms with E-state index in [9.17, 15) is 18.5 Å². The Hall–Kier alpha value is -2.38. The number of nitro benzene ring substituents is 1. The summed E-state index contributed by atoms with van der Waals surface area (Å²) in [6.45, 7) is 5.07. The Balaban J connectivity index is 2.62. The number of rotatable bonds is 6. The van der Waals surface area contributed by atoms with Crippen LogP contribution in [0.1, 0.15) is 5.56 Å². The van der Waals surface area contributed by atoms with Gasteiger partial charge in [-0.3, -0.25) is 14.4 Å². The number of sulfonamides is 1. The molecule has 0 aliphatic carbocycles. The summed E-state index contributed by atoms with van der Waals surface area (Å²) < 4.78 is 27.0. The summed E-state index contributed by atoms with van der Waals surface area (Å²) in [5, 5.41) is 11.5. The van der Waals surface area contributed by atoms with Crippen LogP contribution in [-0.2, 0) is 10.0 Å². The van der Waals surface area contributed by atoms with Crippen molar-refractivity contribution in [3.05, 3.63) is 75.8 Å². The molecule has 8 heteroatoms. The molecule has 0 spiro atoms. The van der Waals surface area contributed by atoms with Crippen LogP contribution in [0.4, 0.5) is 11.4 Å². The van der Waals surface area contributed by atoms with Gasteiger partial charge in [0.25, 0.3) is 15.7 Å². The third-order valence-corrected chi connectivity index (χ3v) is 5.48. The molecule has 0 heterocycles. The number of benzene rings is 2. The number of nitro groups is 1. The maximum Gasteiger partial charge on any atom is 0.274 e. The first-order valence-corrected chi connectivity index (χ1v) is 8.74. The molecule has 0 aliphatic rings. The van der Waals surface area contributed by atoms with Crippen molar-refractivity contribution in [2.24, 2.45) is 0 Å². The summed E-state index contributed by atoms with van der Waals surface area (Å²) in [5.41, 5.74) is 0.355. The minimum Gasteiger partial charge on any atom is -0.262 e. The standard InChI is InChI=1S/C16H15ClN2O4S/c1-3-11-18(15-5-4-6-16(12(15)2)19(20)21)24(22,23)14-9-7-13(17)8-10-14/h3-10H,1,11H2,2H3. The van der Waals surface area contributed by atoms with E-state index >= 15 is 0 Å². The highest BCUT2D eigenvalue weighted by molar-refractivity contribution is 7.92. The Morgan fingerprint density at radius 1 is 1.25 bits per heavy atom. The fourth-order valence-corrected chi connectivity index (χ4v) is 3.88. The number of hydrogen-bond acceptors (Lipinski definition) is 4. The van der Waals surface area contributed by atoms with Gasteiger partial charge in [0.15, 0.2) is 0 Å². The van der Waals surface area contributed by atoms with Crippen LogP contribution in [0.25, 0.3) is 0 Å². The lowest BCUT2D eigenvalue weighted by molar-refractivity contribution is -0.385. The predicted molar refractivity (Wildman–Crippen MR) is 94.0 cm³/mol. The summed E-state index contributed by atoms with van der Waals surface area (Å²) in [5.74, 6) is 0. The third-order valence-electron chi connectivity index (χ3n) is 3.44. The molecule has 2 aromatic carbocycles. The van der Waals surface area contributed by atoms with E-state index in [1.165, 1.54) is 55.5 Å². The van der Waals surface area contributed by atoms with Gasteiger partial charge in [-0.2, -0.15) is 0 Å². The van der Waals surface area contributed by atoms with Gasteiger partial charge in [-0.25, -0.2) is 8.42 Å². The highest BCUT2D eigenvalue weighted by Gasteiger charge is 2.27. The van der Waals surface area contributed by atoms with E-state index in [4.69, 9.17) is 11.6 Å². The van der Waals surface area contributed by atoms with E-state index in [-0.39, 0.29) is 28.4 Å². The largest absolute Gasteiger partial charge is 0.274 e. The topological polar surface area (TPSA) is 80.5 Å². The van der Waals surface area contributed by atoms with Crippen LogP contribution in [0.15, 0.2) is 60.0 Å². The van der Waals surface area contributed by atoms with Crippen LogP contribution in [-0.4, -0.2) is 19.9 Å². The third kappa shape index (κ3) is 3.42. The zero-order valence-corrected chi connectivity index (χ0v) is 14.4. The van der Waals surface area contributed by atoms with Gasteiger partial charge in [0.05, 0.1) is 27.6 Å². The number of nitrogens with zero attached hydrogens (tertiary/aromatic N) is 2.